The molecular formula is C24H16BrN3O3. The number of nitrogens with zero attached hydrogens (tertiary/aromatic N) is 2. The summed E-state index contributed by atoms with van der Waals surface area (Å²) in [6, 6.07) is 16.9. The van der Waals surface area contributed by atoms with Crippen molar-refractivity contribution in [2.24, 2.45) is 11.1 Å². The van der Waals surface area contributed by atoms with E-state index in [1.807, 2.05) is 41.3 Å². The van der Waals surface area contributed by atoms with E-state index in [0.717, 1.165) is 15.9 Å². The maximum atomic E-state index is 14.1. The minimum Gasteiger partial charge on any atom is -0.446 e. The molecule has 0 saturated carbocycles. The predicted octanol–water partition coefficient (Wildman–Crippen LogP) is 4.04. The molecule has 2 aromatic rings. The molecular weight excluding hydrogens is 458 g/mol. The van der Waals surface area contributed by atoms with E-state index in [1.165, 1.54) is 0 Å². The van der Waals surface area contributed by atoms with Crippen molar-refractivity contribution in [2.75, 3.05) is 4.90 Å². The van der Waals surface area contributed by atoms with Crippen LogP contribution in [-0.4, -0.2) is 11.6 Å². The van der Waals surface area contributed by atoms with Gasteiger partial charge in [-0.2, -0.15) is 5.26 Å². The van der Waals surface area contributed by atoms with Crippen LogP contribution >= 0.6 is 15.9 Å². The fraction of sp³-hybridized carbons (Fsp3) is 0.208. The van der Waals surface area contributed by atoms with Crippen molar-refractivity contribution in [1.29, 1.82) is 5.26 Å². The van der Waals surface area contributed by atoms with E-state index in [0.29, 0.717) is 36.0 Å². The highest BCUT2D eigenvalue weighted by Gasteiger charge is 2.81. The number of benzene rings is 2. The van der Waals surface area contributed by atoms with Crippen LogP contribution in [0.15, 0.2) is 75.7 Å². The summed E-state index contributed by atoms with van der Waals surface area (Å²) in [6.45, 7) is 0. The van der Waals surface area contributed by atoms with Crippen LogP contribution in [0.25, 0.3) is 0 Å². The maximum Gasteiger partial charge on any atom is 0.238 e. The van der Waals surface area contributed by atoms with Gasteiger partial charge in [-0.3, -0.25) is 9.59 Å². The highest BCUT2D eigenvalue weighted by atomic mass is 79.9. The number of ether oxygens (including phenoxy) is 1. The van der Waals surface area contributed by atoms with Gasteiger partial charge in [0.1, 0.15) is 11.6 Å². The zero-order chi connectivity index (χ0) is 21.5. The van der Waals surface area contributed by atoms with E-state index < -0.39 is 11.1 Å². The summed E-state index contributed by atoms with van der Waals surface area (Å²) < 4.78 is 7.26. The van der Waals surface area contributed by atoms with E-state index in [-0.39, 0.29) is 23.0 Å². The van der Waals surface area contributed by atoms with Gasteiger partial charge in [0, 0.05) is 39.0 Å². The lowest BCUT2D eigenvalue weighted by Gasteiger charge is -2.41. The molecule has 0 radical (unpaired) electrons. The first-order chi connectivity index (χ1) is 15.0. The lowest BCUT2D eigenvalue weighted by Crippen LogP contribution is -2.52. The summed E-state index contributed by atoms with van der Waals surface area (Å²) in [5.41, 5.74) is 6.18. The molecule has 152 valence electrons. The minimum atomic E-state index is -1.59. The number of rotatable bonds is 1. The van der Waals surface area contributed by atoms with Gasteiger partial charge in [-0.25, -0.2) is 0 Å². The molecule has 6 rings (SSSR count). The Balaban J connectivity index is 1.79. The van der Waals surface area contributed by atoms with Crippen molar-refractivity contribution in [3.05, 3.63) is 86.9 Å². The van der Waals surface area contributed by atoms with Crippen molar-refractivity contribution >= 4 is 33.2 Å². The van der Waals surface area contributed by atoms with Crippen LogP contribution in [0.5, 0.6) is 0 Å². The van der Waals surface area contributed by atoms with Gasteiger partial charge in [0.15, 0.2) is 17.0 Å². The molecule has 0 saturated heterocycles. The van der Waals surface area contributed by atoms with Crippen LogP contribution < -0.4 is 10.6 Å². The van der Waals surface area contributed by atoms with Crippen molar-refractivity contribution in [3.63, 3.8) is 0 Å². The molecule has 0 amide bonds. The second kappa shape index (κ2) is 5.86. The summed E-state index contributed by atoms with van der Waals surface area (Å²) in [6.07, 6.45) is 1.61. The average molecular weight is 474 g/mol. The Morgan fingerprint density at radius 2 is 1.84 bits per heavy atom. The first kappa shape index (κ1) is 18.4. The first-order valence-corrected chi connectivity index (χ1v) is 10.8. The second-order valence-corrected chi connectivity index (χ2v) is 9.05. The zero-order valence-electron chi connectivity index (χ0n) is 16.3. The van der Waals surface area contributed by atoms with Crippen molar-refractivity contribution in [1.82, 2.24) is 0 Å². The number of hydrogen-bond donors (Lipinski definition) is 1. The Hall–Kier alpha value is -3.37. The Bertz CT molecular complexity index is 1320. The fourth-order valence-electron chi connectivity index (χ4n) is 5.82. The summed E-state index contributed by atoms with van der Waals surface area (Å²) in [4.78, 5) is 29.4. The monoisotopic (exact) mass is 473 g/mol. The van der Waals surface area contributed by atoms with Crippen LogP contribution in [0, 0.1) is 16.7 Å². The summed E-state index contributed by atoms with van der Waals surface area (Å²) in [5.74, 6) is -0.530. The first-order valence-electron chi connectivity index (χ1n) is 10.0. The Kier molecular flexibility index (Phi) is 3.48. The molecule has 2 heterocycles. The highest BCUT2D eigenvalue weighted by Crippen LogP contribution is 2.72. The van der Waals surface area contributed by atoms with Gasteiger partial charge in [-0.15, -0.1) is 0 Å². The molecule has 0 spiro atoms. The average Bonchev–Trinajstić information content (AvgIpc) is 3.26. The number of nitrogens with two attached hydrogens (primary N) is 1. The highest BCUT2D eigenvalue weighted by molar-refractivity contribution is 9.10. The molecule has 2 aromatic carbocycles. The third kappa shape index (κ3) is 1.84. The van der Waals surface area contributed by atoms with Gasteiger partial charge in [0.25, 0.3) is 0 Å². The molecule has 2 aliphatic heterocycles. The number of carbonyl (C=O) groups is 2. The molecule has 0 fully saturated rings. The number of hydrogen-bond acceptors (Lipinski definition) is 6. The third-order valence-electron chi connectivity index (χ3n) is 6.81. The molecule has 31 heavy (non-hydrogen) atoms. The fourth-order valence-corrected chi connectivity index (χ4v) is 6.08. The summed E-state index contributed by atoms with van der Waals surface area (Å²) >= 11 is 3.47. The number of Topliss-reactive ketones (excluding diaryl/α,β-unsaturated/α-hetero) is 2. The van der Waals surface area contributed by atoms with Gasteiger partial charge in [-0.1, -0.05) is 40.2 Å². The molecule has 2 N–H and O–H groups in total. The van der Waals surface area contributed by atoms with E-state index in [4.69, 9.17) is 10.5 Å². The number of ketones is 2. The largest absolute Gasteiger partial charge is 0.446 e. The van der Waals surface area contributed by atoms with E-state index in [2.05, 4.69) is 22.0 Å². The van der Waals surface area contributed by atoms with Gasteiger partial charge in [0.2, 0.25) is 11.6 Å². The Morgan fingerprint density at radius 3 is 2.58 bits per heavy atom. The third-order valence-corrected chi connectivity index (χ3v) is 7.33. The number of allylic oxidation sites excluding steroid dienone is 1. The minimum absolute atomic E-state index is 0.0241. The normalized spacial score (nSPS) is 28.2. The molecule has 6 nitrogen and oxygen atoms in total. The molecule has 4 aliphatic rings. The lowest BCUT2D eigenvalue weighted by molar-refractivity contribution is -0.117. The smallest absolute Gasteiger partial charge is 0.238 e. The SMILES string of the molecule is N#CC1=C(N)O[C@]23c4ccccc4C(=O)[C@]12C1=C(CCCC1=O)N3c1ccc(Br)cc1. The lowest BCUT2D eigenvalue weighted by atomic mass is 9.66. The van der Waals surface area contributed by atoms with Gasteiger partial charge >= 0.3 is 0 Å². The van der Waals surface area contributed by atoms with E-state index in [1.54, 1.807) is 12.1 Å². The number of fused-ring (bicyclic) bond motifs is 1. The van der Waals surface area contributed by atoms with E-state index in [9.17, 15) is 14.9 Å². The van der Waals surface area contributed by atoms with Crippen LogP contribution in [0.3, 0.4) is 0 Å². The van der Waals surface area contributed by atoms with Crippen LogP contribution in [0.4, 0.5) is 5.69 Å². The molecule has 2 atom stereocenters. The van der Waals surface area contributed by atoms with Crippen molar-refractivity contribution in [2.45, 2.75) is 25.0 Å². The van der Waals surface area contributed by atoms with Crippen LogP contribution in [0.2, 0.25) is 0 Å². The number of anilines is 1. The quantitative estimate of drug-likeness (QED) is 0.671. The second-order valence-electron chi connectivity index (χ2n) is 8.13. The predicted molar refractivity (Wildman–Crippen MR) is 115 cm³/mol. The van der Waals surface area contributed by atoms with Gasteiger partial charge in [-0.05, 0) is 37.1 Å². The standard InChI is InChI=1S/C24H16BrN3O3/c25-13-8-10-14(11-9-13)28-18-6-3-7-19(29)20(18)23-17(12-26)22(27)31-24(23,28)16-5-2-1-4-15(16)21(23)30/h1-2,4-5,8-11H,3,6-7,27H2/t23-,24-/m1/s1. The molecule has 2 aliphatic carbocycles. The number of nitriles is 1. The molecule has 0 bridgehead atoms. The van der Waals surface area contributed by atoms with Crippen LogP contribution in [0.1, 0.15) is 35.2 Å². The zero-order valence-corrected chi connectivity index (χ0v) is 17.9. The topological polar surface area (TPSA) is 96.4 Å². The molecule has 0 aromatic heterocycles. The summed E-state index contributed by atoms with van der Waals surface area (Å²) in [5, 5.41) is 10.1. The molecule has 7 heteroatoms. The van der Waals surface area contributed by atoms with Crippen LogP contribution in [-0.2, 0) is 15.3 Å². The summed E-state index contributed by atoms with van der Waals surface area (Å²) in [7, 11) is 0. The van der Waals surface area contributed by atoms with E-state index >= 15 is 0 Å². The number of halogens is 1. The number of carbonyl (C=O) groups excluding carboxylic acids is 2. The Morgan fingerprint density at radius 1 is 1.10 bits per heavy atom. The van der Waals surface area contributed by atoms with Gasteiger partial charge < -0.3 is 15.4 Å². The molecule has 0 unspecified atom stereocenters. The van der Waals surface area contributed by atoms with Crippen molar-refractivity contribution in [3.8, 4) is 6.07 Å². The van der Waals surface area contributed by atoms with Crippen molar-refractivity contribution < 1.29 is 14.3 Å². The van der Waals surface area contributed by atoms with Gasteiger partial charge in [0.05, 0.1) is 0 Å². The Labute approximate surface area is 186 Å². The maximum absolute atomic E-state index is 14.1.